The smallest absolute Gasteiger partial charge is 0 e. The van der Waals surface area contributed by atoms with Gasteiger partial charge >= 0.3 is 0 Å². The molecule has 0 fully saturated rings. The van der Waals surface area contributed by atoms with E-state index in [1.54, 1.807) is 0 Å². The third-order valence-electron chi connectivity index (χ3n) is 2.95. The topological polar surface area (TPSA) is 0 Å². The van der Waals surface area contributed by atoms with E-state index in [9.17, 15) is 0 Å². The molecular formula is C21H30Y-2. The number of hydrogen-bond acceptors (Lipinski definition) is 0. The Labute approximate surface area is 163 Å². The molecule has 1 radical (unpaired) electrons. The van der Waals surface area contributed by atoms with Gasteiger partial charge in [0.15, 0.2) is 0 Å². The third-order valence-corrected chi connectivity index (χ3v) is 2.95. The minimum absolute atomic E-state index is 0. The fraction of sp³-hybridized carbons (Fsp3) is 0.429. The molecule has 1 heteroatoms. The summed E-state index contributed by atoms with van der Waals surface area (Å²) in [5, 5.41) is 0. The Hall–Kier alpha value is -0.456. The molecule has 0 unspecified atom stereocenters. The van der Waals surface area contributed by atoms with Crippen LogP contribution in [0.15, 0.2) is 48.5 Å². The molecule has 0 aromatic heterocycles. The van der Waals surface area contributed by atoms with Gasteiger partial charge in [-0.3, -0.25) is 0 Å². The number of hydrogen-bond donors (Lipinski definition) is 0. The average Bonchev–Trinajstić information content (AvgIpc) is 2.52. The Bertz CT molecular complexity index is 415. The van der Waals surface area contributed by atoms with Crippen molar-refractivity contribution in [2.75, 3.05) is 0 Å². The van der Waals surface area contributed by atoms with Crippen molar-refractivity contribution < 1.29 is 32.7 Å². The molecule has 0 aliphatic carbocycles. The Morgan fingerprint density at radius 3 is 1.32 bits per heavy atom. The van der Waals surface area contributed by atoms with Crippen molar-refractivity contribution in [1.82, 2.24) is 0 Å². The Morgan fingerprint density at radius 1 is 0.727 bits per heavy atom. The maximum Gasteiger partial charge on any atom is 0 e. The summed E-state index contributed by atoms with van der Waals surface area (Å²) in [5.74, 6) is 0.338. The van der Waals surface area contributed by atoms with E-state index in [1.165, 1.54) is 11.1 Å². The molecule has 0 amide bonds. The molecule has 22 heavy (non-hydrogen) atoms. The molecule has 0 aliphatic rings. The summed E-state index contributed by atoms with van der Waals surface area (Å²) < 4.78 is 0. The molecule has 0 aliphatic heterocycles. The zero-order valence-corrected chi connectivity index (χ0v) is 18.1. The van der Waals surface area contributed by atoms with E-state index in [1.807, 2.05) is 52.0 Å². The predicted octanol–water partition coefficient (Wildman–Crippen LogP) is 6.51. The minimum Gasteiger partial charge on any atom is -0.180 e. The largest absolute Gasteiger partial charge is 0.180 e. The first-order valence-corrected chi connectivity index (χ1v) is 8.02. The fourth-order valence-corrected chi connectivity index (χ4v) is 2.27. The van der Waals surface area contributed by atoms with Gasteiger partial charge in [0.1, 0.15) is 0 Å². The summed E-state index contributed by atoms with van der Waals surface area (Å²) in [4.78, 5) is 0. The second-order valence-corrected chi connectivity index (χ2v) is 5.43. The zero-order chi connectivity index (χ0) is 16.3. The van der Waals surface area contributed by atoms with Gasteiger partial charge < -0.3 is 0 Å². The average molecular weight is 371 g/mol. The van der Waals surface area contributed by atoms with Crippen molar-refractivity contribution in [1.29, 1.82) is 0 Å². The molecular weight excluding hydrogens is 341 g/mol. The van der Waals surface area contributed by atoms with E-state index in [0.717, 1.165) is 0 Å². The fourth-order valence-electron chi connectivity index (χ4n) is 2.27. The molecule has 0 nitrogen and oxygen atoms in total. The van der Waals surface area contributed by atoms with Crippen LogP contribution < -0.4 is 0 Å². The number of benzene rings is 2. The normalized spacial score (nSPS) is 9.64. The van der Waals surface area contributed by atoms with Gasteiger partial charge in [0.25, 0.3) is 0 Å². The first-order chi connectivity index (χ1) is 10.1. The molecule has 119 valence electrons. The third kappa shape index (κ3) is 7.70. The van der Waals surface area contributed by atoms with E-state index in [4.69, 9.17) is 0 Å². The second kappa shape index (κ2) is 13.0. The van der Waals surface area contributed by atoms with E-state index in [2.05, 4.69) is 57.2 Å². The van der Waals surface area contributed by atoms with Crippen molar-refractivity contribution in [2.45, 2.75) is 54.4 Å². The molecule has 0 heterocycles. The van der Waals surface area contributed by atoms with Crippen LogP contribution >= 0.6 is 0 Å². The SMILES string of the molecule is CC.CC.CC(C)(C)C(c1[c-]cccc1)c1[c-]cccc1.[Y]. The van der Waals surface area contributed by atoms with Crippen LogP contribution in [0.2, 0.25) is 0 Å². The van der Waals surface area contributed by atoms with Crippen LogP contribution in [-0.2, 0) is 32.7 Å². The predicted molar refractivity (Wildman–Crippen MR) is 94.6 cm³/mol. The van der Waals surface area contributed by atoms with E-state index in [0.29, 0.717) is 5.92 Å². The van der Waals surface area contributed by atoms with Crippen LogP contribution in [0.1, 0.15) is 65.5 Å². The monoisotopic (exact) mass is 371 g/mol. The summed E-state index contributed by atoms with van der Waals surface area (Å²) in [5.41, 5.74) is 2.64. The summed E-state index contributed by atoms with van der Waals surface area (Å²) in [6.45, 7) is 14.8. The Morgan fingerprint density at radius 2 is 1.09 bits per heavy atom. The Balaban J connectivity index is 0. The quantitative estimate of drug-likeness (QED) is 0.528. The second-order valence-electron chi connectivity index (χ2n) is 5.43. The molecule has 0 atom stereocenters. The molecule has 2 aromatic rings. The molecule has 2 aromatic carbocycles. The van der Waals surface area contributed by atoms with Crippen molar-refractivity contribution >= 4 is 0 Å². The van der Waals surface area contributed by atoms with Gasteiger partial charge in [0, 0.05) is 32.7 Å². The van der Waals surface area contributed by atoms with Crippen LogP contribution in [0.4, 0.5) is 0 Å². The number of rotatable bonds is 2. The first kappa shape index (κ1) is 23.8. The maximum absolute atomic E-state index is 3.35. The standard InChI is InChI=1S/C17H18.2C2H6.Y/c1-17(2,3)16(14-10-6-4-7-11-14)15-12-8-5-9-13-15;2*1-2;/h4-10,12,16H,1-3H3;2*1-2H3;/q-2;;;. The van der Waals surface area contributed by atoms with Gasteiger partial charge in [0.2, 0.25) is 0 Å². The summed E-state index contributed by atoms with van der Waals surface area (Å²) in [6.07, 6.45) is 0. The molecule has 0 spiro atoms. The van der Waals surface area contributed by atoms with Crippen LogP contribution in [0.3, 0.4) is 0 Å². The zero-order valence-electron chi connectivity index (χ0n) is 15.3. The van der Waals surface area contributed by atoms with Crippen molar-refractivity contribution in [2.24, 2.45) is 5.41 Å². The van der Waals surface area contributed by atoms with E-state index in [-0.39, 0.29) is 38.1 Å². The van der Waals surface area contributed by atoms with Crippen molar-refractivity contribution in [3.63, 3.8) is 0 Å². The van der Waals surface area contributed by atoms with Crippen LogP contribution in [0.25, 0.3) is 0 Å². The van der Waals surface area contributed by atoms with Gasteiger partial charge in [0.05, 0.1) is 0 Å². The maximum atomic E-state index is 3.35. The molecule has 2 rings (SSSR count). The van der Waals surface area contributed by atoms with Crippen molar-refractivity contribution in [3.8, 4) is 0 Å². The summed E-state index contributed by atoms with van der Waals surface area (Å²) >= 11 is 0. The van der Waals surface area contributed by atoms with E-state index < -0.39 is 0 Å². The Kier molecular flexibility index (Phi) is 14.1. The van der Waals surface area contributed by atoms with Gasteiger partial charge in [-0.25, -0.2) is 0 Å². The van der Waals surface area contributed by atoms with Crippen LogP contribution in [0, 0.1) is 17.5 Å². The van der Waals surface area contributed by atoms with Gasteiger partial charge in [-0.15, -0.1) is 0 Å². The van der Waals surface area contributed by atoms with Crippen LogP contribution in [-0.4, -0.2) is 0 Å². The minimum atomic E-state index is 0. The van der Waals surface area contributed by atoms with Gasteiger partial charge in [-0.1, -0.05) is 48.5 Å². The molecule has 0 bridgehead atoms. The molecule has 0 saturated heterocycles. The van der Waals surface area contributed by atoms with Gasteiger partial charge in [-0.2, -0.15) is 71.8 Å². The molecule has 0 saturated carbocycles. The summed E-state index contributed by atoms with van der Waals surface area (Å²) in [6, 6.07) is 23.1. The van der Waals surface area contributed by atoms with Gasteiger partial charge in [-0.05, 0) is 11.3 Å². The molecule has 0 N–H and O–H groups in total. The first-order valence-electron chi connectivity index (χ1n) is 8.02. The van der Waals surface area contributed by atoms with Crippen LogP contribution in [0.5, 0.6) is 0 Å². The van der Waals surface area contributed by atoms with E-state index >= 15 is 0 Å². The van der Waals surface area contributed by atoms with Crippen molar-refractivity contribution in [3.05, 3.63) is 71.8 Å². The summed E-state index contributed by atoms with van der Waals surface area (Å²) in [7, 11) is 0.